The van der Waals surface area contributed by atoms with Gasteiger partial charge in [-0.15, -0.1) is 0 Å². The van der Waals surface area contributed by atoms with E-state index in [0.29, 0.717) is 6.42 Å². The van der Waals surface area contributed by atoms with Gasteiger partial charge in [-0.25, -0.2) is 0 Å². The van der Waals surface area contributed by atoms with Crippen molar-refractivity contribution in [3.05, 3.63) is 77.9 Å². The first-order valence-corrected chi connectivity index (χ1v) is 11.2. The molecule has 1 N–H and O–H groups in total. The molecule has 0 spiro atoms. The topological polar surface area (TPSA) is 32.3 Å². The molecule has 0 saturated carbocycles. The summed E-state index contributed by atoms with van der Waals surface area (Å²) < 4.78 is 0. The number of nitrogens with one attached hydrogen (secondary N) is 1. The highest BCUT2D eigenvalue weighted by molar-refractivity contribution is 5.86. The van der Waals surface area contributed by atoms with Gasteiger partial charge in [-0.1, -0.05) is 61.5 Å². The molecule has 0 radical (unpaired) electrons. The Bertz CT molecular complexity index is 990. The van der Waals surface area contributed by atoms with Crippen molar-refractivity contribution in [2.75, 3.05) is 18.0 Å². The van der Waals surface area contributed by atoms with E-state index in [0.717, 1.165) is 31.0 Å². The fourth-order valence-corrected chi connectivity index (χ4v) is 4.55. The van der Waals surface area contributed by atoms with Gasteiger partial charge in [-0.3, -0.25) is 4.79 Å². The second-order valence-corrected chi connectivity index (χ2v) is 8.71. The lowest BCUT2D eigenvalue weighted by Crippen LogP contribution is -2.34. The van der Waals surface area contributed by atoms with E-state index < -0.39 is 0 Å². The minimum atomic E-state index is 0.0133. The molecule has 0 aromatic heterocycles. The average molecular weight is 401 g/mol. The highest BCUT2D eigenvalue weighted by Crippen LogP contribution is 2.25. The lowest BCUT2D eigenvalue weighted by atomic mass is 9.99. The van der Waals surface area contributed by atoms with Crippen LogP contribution in [0.15, 0.2) is 66.7 Å². The lowest BCUT2D eigenvalue weighted by molar-refractivity contribution is -0.121. The zero-order valence-electron chi connectivity index (χ0n) is 18.1. The Morgan fingerprint density at radius 2 is 1.83 bits per heavy atom. The van der Waals surface area contributed by atoms with E-state index >= 15 is 0 Å². The van der Waals surface area contributed by atoms with Crippen LogP contribution in [0.4, 0.5) is 5.69 Å². The van der Waals surface area contributed by atoms with Crippen LogP contribution >= 0.6 is 0 Å². The Hall–Kier alpha value is -2.81. The van der Waals surface area contributed by atoms with Gasteiger partial charge in [0.1, 0.15) is 0 Å². The maximum absolute atomic E-state index is 12.6. The number of amides is 1. The molecule has 3 aromatic rings. The normalized spacial score (nSPS) is 17.7. The third kappa shape index (κ3) is 4.84. The Labute approximate surface area is 180 Å². The van der Waals surface area contributed by atoms with Gasteiger partial charge < -0.3 is 10.2 Å². The number of piperidine rings is 1. The highest BCUT2D eigenvalue weighted by Gasteiger charge is 2.17. The minimum absolute atomic E-state index is 0.0133. The molecule has 30 heavy (non-hydrogen) atoms. The van der Waals surface area contributed by atoms with Gasteiger partial charge in [0.2, 0.25) is 5.91 Å². The van der Waals surface area contributed by atoms with Crippen molar-refractivity contribution >= 4 is 22.4 Å². The summed E-state index contributed by atoms with van der Waals surface area (Å²) in [4.78, 5) is 15.0. The number of anilines is 1. The molecule has 3 nitrogen and oxygen atoms in total. The van der Waals surface area contributed by atoms with Gasteiger partial charge in [0.05, 0.1) is 6.04 Å². The van der Waals surface area contributed by atoms with Crippen molar-refractivity contribution in [1.29, 1.82) is 0 Å². The molecular weight excluding hydrogens is 368 g/mol. The summed E-state index contributed by atoms with van der Waals surface area (Å²) >= 11 is 0. The molecule has 3 aromatic carbocycles. The third-order valence-corrected chi connectivity index (χ3v) is 6.29. The van der Waals surface area contributed by atoms with Gasteiger partial charge in [0.25, 0.3) is 0 Å². The molecule has 2 atom stereocenters. The van der Waals surface area contributed by atoms with Crippen LogP contribution in [0.3, 0.4) is 0 Å². The predicted molar refractivity (Wildman–Crippen MR) is 126 cm³/mol. The molecule has 1 heterocycles. The number of hydrogen-bond donors (Lipinski definition) is 1. The molecule has 156 valence electrons. The van der Waals surface area contributed by atoms with Crippen LogP contribution in [0, 0.1) is 5.92 Å². The van der Waals surface area contributed by atoms with Crippen LogP contribution in [-0.4, -0.2) is 19.0 Å². The molecule has 0 unspecified atom stereocenters. The van der Waals surface area contributed by atoms with Crippen LogP contribution in [0.5, 0.6) is 0 Å². The van der Waals surface area contributed by atoms with Gasteiger partial charge >= 0.3 is 0 Å². The standard InChI is InChI=1S/C27H32N2O/c1-20-7-6-18-29(19-20)25-15-12-22(13-16-25)21(2)28-27(30)17-14-24-10-5-9-23-8-3-4-11-26(23)24/h3-5,8-13,15-16,20-21H,6-7,14,17-19H2,1-2H3,(H,28,30)/t20-,21+/m0/s1. The minimum Gasteiger partial charge on any atom is -0.371 e. The maximum atomic E-state index is 12.6. The smallest absolute Gasteiger partial charge is 0.220 e. The predicted octanol–water partition coefficient (Wildman–Crippen LogP) is 5.89. The van der Waals surface area contributed by atoms with E-state index in [4.69, 9.17) is 0 Å². The van der Waals surface area contributed by atoms with Crippen molar-refractivity contribution in [2.45, 2.75) is 45.6 Å². The van der Waals surface area contributed by atoms with Crippen molar-refractivity contribution < 1.29 is 4.79 Å². The van der Waals surface area contributed by atoms with E-state index in [1.54, 1.807) is 0 Å². The Balaban J connectivity index is 1.33. The number of carbonyl (C=O) groups is 1. The van der Waals surface area contributed by atoms with Crippen molar-refractivity contribution in [3.8, 4) is 0 Å². The fraction of sp³-hybridized carbons (Fsp3) is 0.370. The van der Waals surface area contributed by atoms with Crippen LogP contribution in [-0.2, 0) is 11.2 Å². The largest absolute Gasteiger partial charge is 0.371 e. The second-order valence-electron chi connectivity index (χ2n) is 8.71. The van der Waals surface area contributed by atoms with E-state index in [9.17, 15) is 4.79 Å². The summed E-state index contributed by atoms with van der Waals surface area (Å²) in [5, 5.41) is 5.64. The summed E-state index contributed by atoms with van der Waals surface area (Å²) in [6, 6.07) is 23.4. The summed E-state index contributed by atoms with van der Waals surface area (Å²) in [5.41, 5.74) is 3.68. The maximum Gasteiger partial charge on any atom is 0.220 e. The fourth-order valence-electron chi connectivity index (χ4n) is 4.55. The summed E-state index contributed by atoms with van der Waals surface area (Å²) in [6.07, 6.45) is 3.86. The SMILES string of the molecule is C[C@H]1CCCN(c2ccc([C@@H](C)NC(=O)CCc3cccc4ccccc34)cc2)C1. The van der Waals surface area contributed by atoms with E-state index in [1.165, 1.54) is 34.9 Å². The third-order valence-electron chi connectivity index (χ3n) is 6.29. The average Bonchev–Trinajstić information content (AvgIpc) is 2.77. The number of fused-ring (bicyclic) bond motifs is 1. The zero-order valence-corrected chi connectivity index (χ0v) is 18.1. The van der Waals surface area contributed by atoms with Crippen molar-refractivity contribution in [3.63, 3.8) is 0 Å². The zero-order chi connectivity index (χ0) is 20.9. The summed E-state index contributed by atoms with van der Waals surface area (Å²) in [7, 11) is 0. The van der Waals surface area contributed by atoms with Gasteiger partial charge in [-0.05, 0) is 66.1 Å². The van der Waals surface area contributed by atoms with Crippen molar-refractivity contribution in [1.82, 2.24) is 5.32 Å². The highest BCUT2D eigenvalue weighted by atomic mass is 16.1. The van der Waals surface area contributed by atoms with Gasteiger partial charge in [-0.2, -0.15) is 0 Å². The molecule has 1 fully saturated rings. The first kappa shape index (κ1) is 20.5. The molecular formula is C27H32N2O. The Morgan fingerprint density at radius 3 is 2.63 bits per heavy atom. The van der Waals surface area contributed by atoms with Crippen LogP contribution in [0.25, 0.3) is 10.8 Å². The summed E-state index contributed by atoms with van der Waals surface area (Å²) in [6.45, 7) is 6.67. The van der Waals surface area contributed by atoms with E-state index in [-0.39, 0.29) is 11.9 Å². The molecule has 1 aliphatic heterocycles. The number of carbonyl (C=O) groups excluding carboxylic acids is 1. The summed E-state index contributed by atoms with van der Waals surface area (Å²) in [5.74, 6) is 0.864. The monoisotopic (exact) mass is 400 g/mol. The van der Waals surface area contributed by atoms with E-state index in [2.05, 4.69) is 90.8 Å². The van der Waals surface area contributed by atoms with Gasteiger partial charge in [0.15, 0.2) is 0 Å². The number of hydrogen-bond acceptors (Lipinski definition) is 2. The van der Waals surface area contributed by atoms with Gasteiger partial charge in [0, 0.05) is 25.2 Å². The number of rotatable bonds is 6. The Kier molecular flexibility index (Phi) is 6.37. The number of nitrogens with zero attached hydrogens (tertiary/aromatic N) is 1. The molecule has 3 heteroatoms. The first-order valence-electron chi connectivity index (χ1n) is 11.2. The van der Waals surface area contributed by atoms with Crippen LogP contribution in [0.1, 0.15) is 50.3 Å². The molecule has 4 rings (SSSR count). The second kappa shape index (κ2) is 9.34. The van der Waals surface area contributed by atoms with Crippen LogP contribution < -0.4 is 10.2 Å². The first-order chi connectivity index (χ1) is 14.6. The molecule has 0 bridgehead atoms. The Morgan fingerprint density at radius 1 is 1.07 bits per heavy atom. The number of benzene rings is 3. The molecule has 1 saturated heterocycles. The number of aryl methyl sites for hydroxylation is 1. The van der Waals surface area contributed by atoms with Crippen LogP contribution in [0.2, 0.25) is 0 Å². The lowest BCUT2D eigenvalue weighted by Gasteiger charge is -2.33. The quantitative estimate of drug-likeness (QED) is 0.560. The van der Waals surface area contributed by atoms with E-state index in [1.807, 2.05) is 0 Å². The molecule has 1 amide bonds. The van der Waals surface area contributed by atoms with Crippen molar-refractivity contribution in [2.24, 2.45) is 5.92 Å². The molecule has 1 aliphatic rings. The molecule has 0 aliphatic carbocycles.